The van der Waals surface area contributed by atoms with Crippen molar-refractivity contribution in [1.29, 1.82) is 0 Å². The minimum absolute atomic E-state index is 0.0275. The first-order valence-electron chi connectivity index (χ1n) is 5.81. The van der Waals surface area contributed by atoms with Crippen molar-refractivity contribution in [3.05, 3.63) is 29.3 Å². The summed E-state index contributed by atoms with van der Waals surface area (Å²) in [6.07, 6.45) is -0.522. The molecule has 0 heterocycles. The second-order valence-corrected chi connectivity index (χ2v) is 5.16. The molecule has 4 heteroatoms. The average molecular weight is 249 g/mol. The third-order valence-electron chi connectivity index (χ3n) is 2.35. The molecule has 0 aliphatic rings. The molecule has 0 bridgehead atoms. The van der Waals surface area contributed by atoms with Crippen LogP contribution in [0.15, 0.2) is 18.2 Å². The van der Waals surface area contributed by atoms with Crippen molar-refractivity contribution in [2.45, 2.75) is 40.2 Å². The van der Waals surface area contributed by atoms with Gasteiger partial charge in [0, 0.05) is 11.3 Å². The fraction of sp³-hybridized carbons (Fsp3) is 0.429. The number of benzene rings is 1. The lowest BCUT2D eigenvalue weighted by Crippen LogP contribution is -2.27. The number of hydrogen-bond acceptors (Lipinski definition) is 3. The predicted molar refractivity (Wildman–Crippen MR) is 71.0 cm³/mol. The molecule has 98 valence electrons. The molecule has 0 aromatic heterocycles. The number of hydrogen-bond donors (Lipinski definition) is 1. The van der Waals surface area contributed by atoms with E-state index in [1.807, 2.05) is 0 Å². The van der Waals surface area contributed by atoms with Gasteiger partial charge in [0.1, 0.15) is 5.60 Å². The second kappa shape index (κ2) is 5.21. The minimum atomic E-state index is -0.545. The van der Waals surface area contributed by atoms with Crippen LogP contribution in [0.3, 0.4) is 0 Å². The first-order chi connectivity index (χ1) is 8.20. The molecule has 0 saturated carbocycles. The van der Waals surface area contributed by atoms with E-state index in [2.05, 4.69) is 5.32 Å². The van der Waals surface area contributed by atoms with Gasteiger partial charge in [0.25, 0.3) is 0 Å². The lowest BCUT2D eigenvalue weighted by Gasteiger charge is -2.20. The maximum atomic E-state index is 11.6. The summed E-state index contributed by atoms with van der Waals surface area (Å²) in [4.78, 5) is 23.0. The number of nitrogens with one attached hydrogen (secondary N) is 1. The molecule has 0 atom stereocenters. The molecule has 1 aromatic carbocycles. The number of ether oxygens (including phenoxy) is 1. The highest BCUT2D eigenvalue weighted by Crippen LogP contribution is 2.20. The van der Waals surface area contributed by atoms with Crippen molar-refractivity contribution in [2.24, 2.45) is 0 Å². The monoisotopic (exact) mass is 249 g/mol. The van der Waals surface area contributed by atoms with Crippen LogP contribution in [0.1, 0.15) is 43.6 Å². The van der Waals surface area contributed by atoms with Gasteiger partial charge in [-0.15, -0.1) is 0 Å². The number of ketones is 1. The van der Waals surface area contributed by atoms with Crippen LogP contribution < -0.4 is 5.32 Å². The van der Waals surface area contributed by atoms with Crippen molar-refractivity contribution in [3.8, 4) is 0 Å². The highest BCUT2D eigenvalue weighted by Gasteiger charge is 2.17. The van der Waals surface area contributed by atoms with E-state index in [1.54, 1.807) is 45.9 Å². The molecular formula is C14H19NO3. The maximum absolute atomic E-state index is 11.6. The lowest BCUT2D eigenvalue weighted by molar-refractivity contribution is 0.0635. The normalized spacial score (nSPS) is 10.9. The molecule has 0 radical (unpaired) electrons. The van der Waals surface area contributed by atoms with Crippen LogP contribution in [0, 0.1) is 6.92 Å². The van der Waals surface area contributed by atoms with E-state index in [0.29, 0.717) is 11.3 Å². The number of amides is 1. The summed E-state index contributed by atoms with van der Waals surface area (Å²) < 4.78 is 5.16. The number of carbonyl (C=O) groups is 2. The number of anilines is 1. The zero-order valence-corrected chi connectivity index (χ0v) is 11.5. The molecule has 0 aliphatic carbocycles. The first kappa shape index (κ1) is 14.2. The Morgan fingerprint density at radius 3 is 2.33 bits per heavy atom. The van der Waals surface area contributed by atoms with Gasteiger partial charge in [0.2, 0.25) is 0 Å². The van der Waals surface area contributed by atoms with Gasteiger partial charge in [0.15, 0.2) is 5.78 Å². The average Bonchev–Trinajstić information content (AvgIpc) is 2.17. The third-order valence-corrected chi connectivity index (χ3v) is 2.35. The smallest absolute Gasteiger partial charge is 0.412 e. The van der Waals surface area contributed by atoms with Gasteiger partial charge in [-0.25, -0.2) is 4.79 Å². The molecule has 0 spiro atoms. The third kappa shape index (κ3) is 3.87. The van der Waals surface area contributed by atoms with Crippen molar-refractivity contribution >= 4 is 17.6 Å². The molecule has 1 amide bonds. The molecule has 0 saturated heterocycles. The SMILES string of the molecule is CC(=O)c1cccc(NC(=O)OC(C)(C)C)c1C. The van der Waals surface area contributed by atoms with Crippen LogP contribution in [-0.4, -0.2) is 17.5 Å². The fourth-order valence-corrected chi connectivity index (χ4v) is 1.57. The van der Waals surface area contributed by atoms with E-state index >= 15 is 0 Å². The molecule has 1 N–H and O–H groups in total. The lowest BCUT2D eigenvalue weighted by atomic mass is 10.0. The van der Waals surface area contributed by atoms with E-state index in [0.717, 1.165) is 5.56 Å². The van der Waals surface area contributed by atoms with Crippen LogP contribution in [-0.2, 0) is 4.74 Å². The van der Waals surface area contributed by atoms with Gasteiger partial charge in [-0.2, -0.15) is 0 Å². The molecule has 1 aromatic rings. The van der Waals surface area contributed by atoms with E-state index in [9.17, 15) is 9.59 Å². The molecular weight excluding hydrogens is 230 g/mol. The van der Waals surface area contributed by atoms with Gasteiger partial charge < -0.3 is 4.74 Å². The van der Waals surface area contributed by atoms with Gasteiger partial charge in [-0.3, -0.25) is 10.1 Å². The summed E-state index contributed by atoms with van der Waals surface area (Å²) in [5.41, 5.74) is 1.40. The highest BCUT2D eigenvalue weighted by molar-refractivity contribution is 5.98. The van der Waals surface area contributed by atoms with Crippen LogP contribution in [0.5, 0.6) is 0 Å². The van der Waals surface area contributed by atoms with Crippen molar-refractivity contribution < 1.29 is 14.3 Å². The fourth-order valence-electron chi connectivity index (χ4n) is 1.57. The summed E-state index contributed by atoms with van der Waals surface area (Å²) in [6, 6.07) is 5.21. The Labute approximate surface area is 107 Å². The van der Waals surface area contributed by atoms with Crippen molar-refractivity contribution in [2.75, 3.05) is 5.32 Å². The van der Waals surface area contributed by atoms with E-state index < -0.39 is 11.7 Å². The quantitative estimate of drug-likeness (QED) is 0.815. The van der Waals surface area contributed by atoms with Crippen LogP contribution in [0.25, 0.3) is 0 Å². The topological polar surface area (TPSA) is 55.4 Å². The summed E-state index contributed by atoms with van der Waals surface area (Å²) in [5.74, 6) is -0.0275. The Kier molecular flexibility index (Phi) is 4.11. The van der Waals surface area contributed by atoms with Gasteiger partial charge in [-0.1, -0.05) is 12.1 Å². The summed E-state index contributed by atoms with van der Waals surface area (Å²) in [7, 11) is 0. The summed E-state index contributed by atoms with van der Waals surface area (Å²) in [5, 5.41) is 2.65. The Morgan fingerprint density at radius 2 is 1.83 bits per heavy atom. The maximum Gasteiger partial charge on any atom is 0.412 e. The van der Waals surface area contributed by atoms with E-state index in [4.69, 9.17) is 4.74 Å². The van der Waals surface area contributed by atoms with Gasteiger partial charge in [0.05, 0.1) is 0 Å². The summed E-state index contributed by atoms with van der Waals surface area (Å²) >= 11 is 0. The number of carbonyl (C=O) groups excluding carboxylic acids is 2. The van der Waals surface area contributed by atoms with Crippen LogP contribution in [0.2, 0.25) is 0 Å². The van der Waals surface area contributed by atoms with Crippen LogP contribution >= 0.6 is 0 Å². The van der Waals surface area contributed by atoms with Crippen LogP contribution in [0.4, 0.5) is 10.5 Å². The highest BCUT2D eigenvalue weighted by atomic mass is 16.6. The van der Waals surface area contributed by atoms with Crippen molar-refractivity contribution in [1.82, 2.24) is 0 Å². The van der Waals surface area contributed by atoms with Gasteiger partial charge >= 0.3 is 6.09 Å². The second-order valence-electron chi connectivity index (χ2n) is 5.16. The molecule has 0 aliphatic heterocycles. The predicted octanol–water partition coefficient (Wildman–Crippen LogP) is 3.54. The Morgan fingerprint density at radius 1 is 1.22 bits per heavy atom. The summed E-state index contributed by atoms with van der Waals surface area (Å²) in [6.45, 7) is 8.69. The molecule has 4 nitrogen and oxygen atoms in total. The standard InChI is InChI=1S/C14H19NO3/c1-9-11(10(2)16)7-6-8-12(9)15-13(17)18-14(3,4)5/h6-8H,1-5H3,(H,15,17). The Hall–Kier alpha value is -1.84. The number of rotatable bonds is 2. The first-order valence-corrected chi connectivity index (χ1v) is 5.81. The number of Topliss-reactive ketones (excluding diaryl/α,β-unsaturated/α-hetero) is 1. The Balaban J connectivity index is 2.89. The zero-order valence-electron chi connectivity index (χ0n) is 11.5. The van der Waals surface area contributed by atoms with Crippen molar-refractivity contribution in [3.63, 3.8) is 0 Å². The minimum Gasteiger partial charge on any atom is -0.444 e. The molecule has 18 heavy (non-hydrogen) atoms. The molecule has 0 fully saturated rings. The largest absolute Gasteiger partial charge is 0.444 e. The molecule has 0 unspecified atom stereocenters. The zero-order chi connectivity index (χ0) is 13.9. The molecule has 1 rings (SSSR count). The Bertz CT molecular complexity index is 472. The van der Waals surface area contributed by atoms with Gasteiger partial charge in [-0.05, 0) is 46.2 Å². The van der Waals surface area contributed by atoms with E-state index in [1.165, 1.54) is 6.92 Å². The van der Waals surface area contributed by atoms with E-state index in [-0.39, 0.29) is 5.78 Å².